The Morgan fingerprint density at radius 2 is 1.62 bits per heavy atom. The number of hydrogen-bond acceptors (Lipinski definition) is 4. The van der Waals surface area contributed by atoms with Crippen LogP contribution in [-0.2, 0) is 4.79 Å². The number of rotatable bonds is 5. The molecule has 2 atom stereocenters. The number of nitrogens with zero attached hydrogens (tertiary/aromatic N) is 3. The third-order valence-corrected chi connectivity index (χ3v) is 7.98. The summed E-state index contributed by atoms with van der Waals surface area (Å²) in [6.07, 6.45) is 1.99. The molecule has 0 radical (unpaired) electrons. The van der Waals surface area contributed by atoms with E-state index < -0.39 is 5.92 Å². The molecule has 37 heavy (non-hydrogen) atoms. The highest BCUT2D eigenvalue weighted by Crippen LogP contribution is 2.48. The number of anilines is 1. The molecule has 2 heterocycles. The Morgan fingerprint density at radius 3 is 2.35 bits per heavy atom. The molecule has 3 aliphatic rings. The minimum Gasteiger partial charge on any atom is -0.495 e. The molecule has 1 aliphatic carbocycles. The molecule has 1 saturated carbocycles. The predicted octanol–water partition coefficient (Wildman–Crippen LogP) is 4.80. The van der Waals surface area contributed by atoms with Crippen LogP contribution in [-0.4, -0.2) is 60.9 Å². The van der Waals surface area contributed by atoms with E-state index in [0.717, 1.165) is 54.1 Å². The molecule has 190 valence electrons. The van der Waals surface area contributed by atoms with E-state index in [9.17, 15) is 9.59 Å². The zero-order valence-electron chi connectivity index (χ0n) is 21.5. The van der Waals surface area contributed by atoms with Gasteiger partial charge in [0.15, 0.2) is 0 Å². The van der Waals surface area contributed by atoms with Gasteiger partial charge in [0.1, 0.15) is 5.75 Å². The van der Waals surface area contributed by atoms with E-state index in [4.69, 9.17) is 4.74 Å². The number of carbonyl (C=O) groups excluding carboxylic acids is 2. The maximum absolute atomic E-state index is 14.4. The number of carbonyl (C=O) groups is 2. The maximum atomic E-state index is 14.4. The van der Waals surface area contributed by atoms with Crippen molar-refractivity contribution in [2.24, 2.45) is 0 Å². The highest BCUT2D eigenvalue weighted by molar-refractivity contribution is 6.01. The molecule has 2 fully saturated rings. The first-order valence-corrected chi connectivity index (χ1v) is 13.2. The second-order valence-corrected chi connectivity index (χ2v) is 10.4. The number of hydrogen-bond donors (Lipinski definition) is 0. The number of benzene rings is 3. The van der Waals surface area contributed by atoms with Gasteiger partial charge in [-0.2, -0.15) is 0 Å². The van der Waals surface area contributed by atoms with Crippen molar-refractivity contribution in [2.75, 3.05) is 38.2 Å². The lowest BCUT2D eigenvalue weighted by Gasteiger charge is -2.45. The Kier molecular flexibility index (Phi) is 6.11. The van der Waals surface area contributed by atoms with Gasteiger partial charge in [-0.25, -0.2) is 0 Å². The van der Waals surface area contributed by atoms with Gasteiger partial charge < -0.3 is 19.4 Å². The summed E-state index contributed by atoms with van der Waals surface area (Å²) in [5, 5.41) is 0. The lowest BCUT2D eigenvalue weighted by atomic mass is 9.78. The van der Waals surface area contributed by atoms with Crippen molar-refractivity contribution in [3.05, 3.63) is 95.1 Å². The fourth-order valence-corrected chi connectivity index (χ4v) is 6.04. The molecule has 1 saturated heterocycles. The summed E-state index contributed by atoms with van der Waals surface area (Å²) in [5.41, 5.74) is 4.76. The van der Waals surface area contributed by atoms with Crippen molar-refractivity contribution in [3.8, 4) is 5.75 Å². The molecule has 0 bridgehead atoms. The lowest BCUT2D eigenvalue weighted by molar-refractivity contribution is -0.135. The van der Waals surface area contributed by atoms with Gasteiger partial charge in [-0.1, -0.05) is 60.2 Å². The SMILES string of the molecule is COc1ccccc1N1CCN(C(=O)[C@H]2c3ccccc3C(=O)N(C3CC3)[C@@H]2c2cccc(C)c2)CC1. The van der Waals surface area contributed by atoms with Crippen LogP contribution in [0.3, 0.4) is 0 Å². The van der Waals surface area contributed by atoms with Gasteiger partial charge in [0.25, 0.3) is 5.91 Å². The summed E-state index contributed by atoms with van der Waals surface area (Å²) in [4.78, 5) is 34.4. The first kappa shape index (κ1) is 23.6. The van der Waals surface area contributed by atoms with E-state index in [0.29, 0.717) is 18.7 Å². The second kappa shape index (κ2) is 9.58. The van der Waals surface area contributed by atoms with Gasteiger partial charge in [-0.15, -0.1) is 0 Å². The molecule has 2 aliphatic heterocycles. The minimum atomic E-state index is -0.422. The quantitative estimate of drug-likeness (QED) is 0.511. The maximum Gasteiger partial charge on any atom is 0.254 e. The Bertz CT molecular complexity index is 1330. The molecule has 3 aromatic rings. The van der Waals surface area contributed by atoms with Crippen LogP contribution < -0.4 is 9.64 Å². The van der Waals surface area contributed by atoms with Crippen LogP contribution in [0.25, 0.3) is 0 Å². The van der Waals surface area contributed by atoms with Crippen molar-refractivity contribution < 1.29 is 14.3 Å². The molecule has 0 spiro atoms. The summed E-state index contributed by atoms with van der Waals surface area (Å²) in [6, 6.07) is 24.0. The Morgan fingerprint density at radius 1 is 0.892 bits per heavy atom. The number of para-hydroxylation sites is 2. The summed E-state index contributed by atoms with van der Waals surface area (Å²) in [7, 11) is 1.69. The number of amides is 2. The number of aryl methyl sites for hydroxylation is 1. The van der Waals surface area contributed by atoms with Crippen molar-refractivity contribution in [1.29, 1.82) is 0 Å². The van der Waals surface area contributed by atoms with Crippen molar-refractivity contribution in [1.82, 2.24) is 9.80 Å². The van der Waals surface area contributed by atoms with Crippen molar-refractivity contribution in [2.45, 2.75) is 37.8 Å². The Labute approximate surface area is 218 Å². The summed E-state index contributed by atoms with van der Waals surface area (Å²) >= 11 is 0. The lowest BCUT2D eigenvalue weighted by Crippen LogP contribution is -2.53. The van der Waals surface area contributed by atoms with Crippen LogP contribution in [0.1, 0.15) is 51.8 Å². The van der Waals surface area contributed by atoms with Gasteiger partial charge in [-0.3, -0.25) is 9.59 Å². The number of fused-ring (bicyclic) bond motifs is 1. The molecule has 0 N–H and O–H groups in total. The van der Waals surface area contributed by atoms with Crippen LogP contribution >= 0.6 is 0 Å². The van der Waals surface area contributed by atoms with Gasteiger partial charge in [0.2, 0.25) is 5.91 Å². The highest BCUT2D eigenvalue weighted by Gasteiger charge is 2.50. The van der Waals surface area contributed by atoms with Crippen molar-refractivity contribution >= 4 is 17.5 Å². The first-order valence-electron chi connectivity index (χ1n) is 13.2. The molecule has 3 aromatic carbocycles. The molecular formula is C31H33N3O3. The van der Waals surface area contributed by atoms with E-state index >= 15 is 0 Å². The summed E-state index contributed by atoms with van der Waals surface area (Å²) in [6.45, 7) is 4.81. The molecule has 0 aromatic heterocycles. The summed E-state index contributed by atoms with van der Waals surface area (Å²) in [5.74, 6) is 0.585. The zero-order chi connectivity index (χ0) is 25.5. The van der Waals surface area contributed by atoms with Gasteiger partial charge >= 0.3 is 0 Å². The Balaban J connectivity index is 1.34. The number of methoxy groups -OCH3 is 1. The normalized spacial score (nSPS) is 21.6. The van der Waals surface area contributed by atoms with Crippen molar-refractivity contribution in [3.63, 3.8) is 0 Å². The van der Waals surface area contributed by atoms with Crippen LogP contribution in [0.15, 0.2) is 72.8 Å². The van der Waals surface area contributed by atoms with E-state index in [1.165, 1.54) is 0 Å². The van der Waals surface area contributed by atoms with E-state index in [1.54, 1.807) is 7.11 Å². The van der Waals surface area contributed by atoms with Gasteiger partial charge in [0.05, 0.1) is 24.8 Å². The topological polar surface area (TPSA) is 53.1 Å². The van der Waals surface area contributed by atoms with Crippen LogP contribution in [0, 0.1) is 6.92 Å². The standard InChI is InChI=1S/C31H33N3O3/c1-21-8-7-9-22(20-21)29-28(24-10-3-4-11-25(24)30(35)34(29)23-14-15-23)31(36)33-18-16-32(17-19-33)26-12-5-6-13-27(26)37-2/h3-13,20,23,28-29H,14-19H2,1-2H3/t28-,29+/m0/s1. The monoisotopic (exact) mass is 495 g/mol. The third kappa shape index (κ3) is 4.24. The fraction of sp³-hybridized carbons (Fsp3) is 0.355. The summed E-state index contributed by atoms with van der Waals surface area (Å²) < 4.78 is 5.57. The smallest absolute Gasteiger partial charge is 0.254 e. The van der Waals surface area contributed by atoms with Crippen LogP contribution in [0.5, 0.6) is 5.75 Å². The third-order valence-electron chi connectivity index (χ3n) is 7.98. The van der Waals surface area contributed by atoms with Crippen LogP contribution in [0.2, 0.25) is 0 Å². The minimum absolute atomic E-state index is 0.0506. The van der Waals surface area contributed by atoms with Gasteiger partial charge in [0, 0.05) is 37.8 Å². The molecule has 6 heteroatoms. The van der Waals surface area contributed by atoms with E-state index in [1.807, 2.05) is 58.3 Å². The average molecular weight is 496 g/mol. The van der Waals surface area contributed by atoms with E-state index in [-0.39, 0.29) is 23.9 Å². The second-order valence-electron chi connectivity index (χ2n) is 10.4. The number of piperazine rings is 1. The fourth-order valence-electron chi connectivity index (χ4n) is 6.04. The average Bonchev–Trinajstić information content (AvgIpc) is 3.78. The molecule has 2 amide bonds. The molecule has 6 nitrogen and oxygen atoms in total. The predicted molar refractivity (Wildman–Crippen MR) is 144 cm³/mol. The number of ether oxygens (including phenoxy) is 1. The largest absolute Gasteiger partial charge is 0.495 e. The molecule has 0 unspecified atom stereocenters. The zero-order valence-corrected chi connectivity index (χ0v) is 21.5. The Hall–Kier alpha value is -3.80. The first-order chi connectivity index (χ1) is 18.1. The molecule has 6 rings (SSSR count). The molecular weight excluding hydrogens is 462 g/mol. The van der Waals surface area contributed by atoms with E-state index in [2.05, 4.69) is 36.1 Å². The highest BCUT2D eigenvalue weighted by atomic mass is 16.5. The van der Waals surface area contributed by atoms with Gasteiger partial charge in [-0.05, 0) is 49.1 Å². The van der Waals surface area contributed by atoms with Crippen LogP contribution in [0.4, 0.5) is 5.69 Å².